The maximum atomic E-state index is 12.6. The zero-order chi connectivity index (χ0) is 23.1. The van der Waals surface area contributed by atoms with E-state index in [2.05, 4.69) is 10.3 Å². The van der Waals surface area contributed by atoms with E-state index in [9.17, 15) is 13.2 Å². The van der Waals surface area contributed by atoms with Crippen molar-refractivity contribution in [2.24, 2.45) is 0 Å². The second kappa shape index (κ2) is 10.4. The largest absolute Gasteiger partial charge is 0.337 e. The molecule has 1 fully saturated rings. The third kappa shape index (κ3) is 6.24. The van der Waals surface area contributed by atoms with Crippen molar-refractivity contribution >= 4 is 28.1 Å². The van der Waals surface area contributed by atoms with Crippen molar-refractivity contribution in [3.8, 4) is 0 Å². The molecule has 2 heterocycles. The van der Waals surface area contributed by atoms with E-state index in [1.54, 1.807) is 27.9 Å². The Labute approximate surface area is 193 Å². The van der Waals surface area contributed by atoms with E-state index in [0.29, 0.717) is 25.3 Å². The second-order valence-electron chi connectivity index (χ2n) is 7.64. The van der Waals surface area contributed by atoms with Crippen molar-refractivity contribution in [2.45, 2.75) is 6.54 Å². The monoisotopic (exact) mass is 463 g/mol. The number of piperazine rings is 1. The van der Waals surface area contributed by atoms with Crippen molar-refractivity contribution < 1.29 is 13.2 Å². The zero-order valence-electron chi connectivity index (χ0n) is 18.1. The number of hydrogen-bond donors (Lipinski definition) is 0. The van der Waals surface area contributed by atoms with Gasteiger partial charge in [-0.1, -0.05) is 65.9 Å². The molecule has 170 valence electrons. The summed E-state index contributed by atoms with van der Waals surface area (Å²) in [5.41, 5.74) is 2.52. The van der Waals surface area contributed by atoms with Crippen LogP contribution in [0.5, 0.6) is 0 Å². The minimum Gasteiger partial charge on any atom is -0.337 e. The Hall–Kier alpha value is -3.56. The quantitative estimate of drug-likeness (QED) is 0.503. The fourth-order valence-electron chi connectivity index (χ4n) is 3.48. The number of rotatable bonds is 7. The van der Waals surface area contributed by atoms with Gasteiger partial charge in [0, 0.05) is 37.7 Å². The standard InChI is InChI=1S/C24H25N5O3S/c30-24(12-11-23-20-28(26-25-23)19-22-9-5-2-6-10-22)27-14-16-29(17-15-27)33(31,32)18-13-21-7-3-1-4-8-21/h1-13,18,20H,14-17,19H2. The molecule has 0 aliphatic carbocycles. The lowest BCUT2D eigenvalue weighted by Crippen LogP contribution is -2.49. The van der Waals surface area contributed by atoms with E-state index in [1.165, 1.54) is 15.8 Å². The van der Waals surface area contributed by atoms with E-state index in [4.69, 9.17) is 0 Å². The van der Waals surface area contributed by atoms with Crippen LogP contribution in [0.2, 0.25) is 0 Å². The number of carbonyl (C=O) groups is 1. The van der Waals surface area contributed by atoms with Crippen LogP contribution in [-0.4, -0.2) is 64.7 Å². The number of benzene rings is 2. The molecular weight excluding hydrogens is 438 g/mol. The summed E-state index contributed by atoms with van der Waals surface area (Å²) in [5.74, 6) is -0.176. The Bertz CT molecular complexity index is 1230. The van der Waals surface area contributed by atoms with Crippen LogP contribution in [-0.2, 0) is 21.4 Å². The molecule has 33 heavy (non-hydrogen) atoms. The van der Waals surface area contributed by atoms with Crippen molar-refractivity contribution in [3.63, 3.8) is 0 Å². The zero-order valence-corrected chi connectivity index (χ0v) is 18.9. The maximum Gasteiger partial charge on any atom is 0.246 e. The van der Waals surface area contributed by atoms with Crippen LogP contribution in [0.4, 0.5) is 0 Å². The summed E-state index contributed by atoms with van der Waals surface area (Å²) in [5, 5.41) is 9.39. The van der Waals surface area contributed by atoms with Crippen molar-refractivity contribution in [1.29, 1.82) is 0 Å². The van der Waals surface area contributed by atoms with E-state index in [1.807, 2.05) is 60.7 Å². The first-order valence-corrected chi connectivity index (χ1v) is 12.1. The van der Waals surface area contributed by atoms with Crippen molar-refractivity contribution in [3.05, 3.63) is 95.2 Å². The summed E-state index contributed by atoms with van der Waals surface area (Å²) < 4.78 is 28.3. The first kappa shape index (κ1) is 22.6. The molecule has 0 atom stereocenters. The molecule has 1 saturated heterocycles. The van der Waals surface area contributed by atoms with Gasteiger partial charge >= 0.3 is 0 Å². The summed E-state index contributed by atoms with van der Waals surface area (Å²) in [6.07, 6.45) is 6.44. The molecule has 1 aliphatic rings. The average molecular weight is 464 g/mol. The van der Waals surface area contributed by atoms with Crippen LogP contribution in [0.15, 0.2) is 78.3 Å². The molecule has 0 radical (unpaired) electrons. The SMILES string of the molecule is O=C(C=Cc1cn(Cc2ccccc2)nn1)N1CCN(S(=O)(=O)C=Cc2ccccc2)CC1. The molecule has 0 saturated carbocycles. The first-order chi connectivity index (χ1) is 16.0. The summed E-state index contributed by atoms with van der Waals surface area (Å²) in [6.45, 7) is 1.79. The number of nitrogens with zero attached hydrogens (tertiary/aromatic N) is 5. The fourth-order valence-corrected chi connectivity index (χ4v) is 4.65. The van der Waals surface area contributed by atoms with Gasteiger partial charge in [-0.2, -0.15) is 4.31 Å². The lowest BCUT2D eigenvalue weighted by atomic mass is 10.2. The van der Waals surface area contributed by atoms with E-state index in [-0.39, 0.29) is 19.0 Å². The van der Waals surface area contributed by atoms with Gasteiger partial charge in [-0.3, -0.25) is 4.79 Å². The van der Waals surface area contributed by atoms with Crippen LogP contribution in [0.1, 0.15) is 16.8 Å². The van der Waals surface area contributed by atoms with Gasteiger partial charge in [0.25, 0.3) is 0 Å². The summed E-state index contributed by atoms with van der Waals surface area (Å²) in [7, 11) is -3.53. The van der Waals surface area contributed by atoms with Gasteiger partial charge in [-0.05, 0) is 23.3 Å². The van der Waals surface area contributed by atoms with Crippen LogP contribution >= 0.6 is 0 Å². The number of aromatic nitrogens is 3. The van der Waals surface area contributed by atoms with Gasteiger partial charge in [0.15, 0.2) is 0 Å². The van der Waals surface area contributed by atoms with Gasteiger partial charge in [0.1, 0.15) is 5.69 Å². The Kier molecular flexibility index (Phi) is 7.11. The molecule has 0 N–H and O–H groups in total. The summed E-state index contributed by atoms with van der Waals surface area (Å²) in [6, 6.07) is 19.2. The van der Waals surface area contributed by atoms with Gasteiger partial charge in [-0.25, -0.2) is 13.1 Å². The molecular formula is C24H25N5O3S. The van der Waals surface area contributed by atoms with Crippen LogP contribution in [0.3, 0.4) is 0 Å². The molecule has 8 nitrogen and oxygen atoms in total. The van der Waals surface area contributed by atoms with Gasteiger partial charge in [0.2, 0.25) is 15.9 Å². The van der Waals surface area contributed by atoms with Crippen LogP contribution in [0, 0.1) is 0 Å². The smallest absolute Gasteiger partial charge is 0.246 e. The van der Waals surface area contributed by atoms with Crippen molar-refractivity contribution in [2.75, 3.05) is 26.2 Å². The molecule has 2 aromatic carbocycles. The Morgan fingerprint density at radius 2 is 1.58 bits per heavy atom. The third-order valence-electron chi connectivity index (χ3n) is 5.28. The molecule has 3 aromatic rings. The molecule has 9 heteroatoms. The second-order valence-corrected chi connectivity index (χ2v) is 9.46. The predicted octanol–water partition coefficient (Wildman–Crippen LogP) is 2.48. The third-order valence-corrected chi connectivity index (χ3v) is 6.85. The first-order valence-electron chi connectivity index (χ1n) is 10.6. The normalized spacial score (nSPS) is 15.5. The Morgan fingerprint density at radius 3 is 2.27 bits per heavy atom. The minimum absolute atomic E-state index is 0.176. The van der Waals surface area contributed by atoms with Crippen LogP contribution < -0.4 is 0 Å². The number of carbonyl (C=O) groups excluding carboxylic acids is 1. The molecule has 1 aromatic heterocycles. The van der Waals surface area contributed by atoms with E-state index in [0.717, 1.165) is 11.1 Å². The topological polar surface area (TPSA) is 88.4 Å². The fraction of sp³-hybridized carbons (Fsp3) is 0.208. The van der Waals surface area contributed by atoms with E-state index < -0.39 is 10.0 Å². The highest BCUT2D eigenvalue weighted by atomic mass is 32.2. The predicted molar refractivity (Wildman–Crippen MR) is 127 cm³/mol. The average Bonchev–Trinajstić information content (AvgIpc) is 3.30. The molecule has 0 bridgehead atoms. The minimum atomic E-state index is -3.53. The summed E-state index contributed by atoms with van der Waals surface area (Å²) >= 11 is 0. The number of hydrogen-bond acceptors (Lipinski definition) is 5. The van der Waals surface area contributed by atoms with Gasteiger partial charge in [-0.15, -0.1) is 5.10 Å². The Morgan fingerprint density at radius 1 is 0.909 bits per heavy atom. The Balaban J connectivity index is 1.29. The maximum absolute atomic E-state index is 12.6. The molecule has 0 unspecified atom stereocenters. The molecule has 4 rings (SSSR count). The van der Waals surface area contributed by atoms with Crippen LogP contribution in [0.25, 0.3) is 12.2 Å². The molecule has 1 aliphatic heterocycles. The highest BCUT2D eigenvalue weighted by Gasteiger charge is 2.26. The number of amides is 1. The highest BCUT2D eigenvalue weighted by Crippen LogP contribution is 2.12. The molecule has 1 amide bonds. The lowest BCUT2D eigenvalue weighted by Gasteiger charge is -2.32. The molecule has 0 spiro atoms. The summed E-state index contributed by atoms with van der Waals surface area (Å²) in [4.78, 5) is 14.2. The lowest BCUT2D eigenvalue weighted by molar-refractivity contribution is -0.127. The van der Waals surface area contributed by atoms with Crippen molar-refractivity contribution in [1.82, 2.24) is 24.2 Å². The van der Waals surface area contributed by atoms with Gasteiger partial charge < -0.3 is 4.90 Å². The van der Waals surface area contributed by atoms with E-state index >= 15 is 0 Å². The highest BCUT2D eigenvalue weighted by molar-refractivity contribution is 7.92. The number of sulfonamides is 1. The van der Waals surface area contributed by atoms with Gasteiger partial charge in [0.05, 0.1) is 12.7 Å².